The molecule has 0 spiro atoms. The average Bonchev–Trinajstić information content (AvgIpc) is 3.57. The fraction of sp³-hybridized carbons (Fsp3) is 0.269. The van der Waals surface area contributed by atoms with Gasteiger partial charge in [-0.1, -0.05) is 47.7 Å². The Labute approximate surface area is 225 Å². The maximum absolute atomic E-state index is 12.8. The molecule has 38 heavy (non-hydrogen) atoms. The van der Waals surface area contributed by atoms with Gasteiger partial charge in [-0.2, -0.15) is 0 Å². The monoisotopic (exact) mass is 555 g/mol. The van der Waals surface area contributed by atoms with Crippen LogP contribution in [0.5, 0.6) is 5.75 Å². The highest BCUT2D eigenvalue weighted by atomic mass is 32.2. The van der Waals surface area contributed by atoms with Gasteiger partial charge in [0.2, 0.25) is 10.0 Å². The van der Waals surface area contributed by atoms with E-state index in [0.717, 1.165) is 16.0 Å². The Kier molecular flexibility index (Phi) is 8.26. The van der Waals surface area contributed by atoms with Gasteiger partial charge in [0.25, 0.3) is 5.91 Å². The van der Waals surface area contributed by atoms with Crippen molar-refractivity contribution in [3.8, 4) is 16.2 Å². The van der Waals surface area contributed by atoms with E-state index in [4.69, 9.17) is 4.74 Å². The number of rotatable bonds is 10. The molecule has 1 atom stereocenters. The topological polar surface area (TPSA) is 135 Å². The lowest BCUT2D eigenvalue weighted by Crippen LogP contribution is -2.32. The highest BCUT2D eigenvalue weighted by Crippen LogP contribution is 2.30. The van der Waals surface area contributed by atoms with Crippen LogP contribution in [0.15, 0.2) is 77.1 Å². The largest absolute Gasteiger partial charge is 0.488 e. The lowest BCUT2D eigenvalue weighted by atomic mass is 10.1. The van der Waals surface area contributed by atoms with E-state index in [-0.39, 0.29) is 22.8 Å². The number of aromatic nitrogens is 3. The van der Waals surface area contributed by atoms with Gasteiger partial charge in [0.05, 0.1) is 18.4 Å². The summed E-state index contributed by atoms with van der Waals surface area (Å²) in [5.74, 6) is 0.0189. The summed E-state index contributed by atoms with van der Waals surface area (Å²) in [7, 11) is -3.78. The number of amides is 1. The number of nitrogens with one attached hydrogen (secondary N) is 2. The fourth-order valence-electron chi connectivity index (χ4n) is 3.66. The molecule has 4 rings (SSSR count). The Morgan fingerprint density at radius 1 is 1.08 bits per heavy atom. The molecule has 0 fully saturated rings. The van der Waals surface area contributed by atoms with Crippen molar-refractivity contribution >= 4 is 27.3 Å². The zero-order valence-corrected chi connectivity index (χ0v) is 22.8. The minimum absolute atomic E-state index is 0.118. The molecule has 0 aliphatic rings. The summed E-state index contributed by atoms with van der Waals surface area (Å²) in [4.78, 5) is 13.3. The number of carbonyl (C=O) groups is 1. The second-order valence-corrected chi connectivity index (χ2v) is 12.6. The Morgan fingerprint density at radius 2 is 1.79 bits per heavy atom. The third-order valence-electron chi connectivity index (χ3n) is 5.41. The summed E-state index contributed by atoms with van der Waals surface area (Å²) in [6, 6.07) is 19.2. The number of hydrogen-bond donors (Lipinski definition) is 3. The predicted molar refractivity (Wildman–Crippen MR) is 143 cm³/mol. The predicted octanol–water partition coefficient (Wildman–Crippen LogP) is 3.95. The zero-order valence-electron chi connectivity index (χ0n) is 21.2. The molecule has 2 heterocycles. The average molecular weight is 556 g/mol. The number of benzene rings is 2. The molecule has 1 amide bonds. The van der Waals surface area contributed by atoms with E-state index in [0.29, 0.717) is 11.4 Å². The first-order valence-corrected chi connectivity index (χ1v) is 14.1. The molecule has 0 saturated carbocycles. The minimum atomic E-state index is -3.78. The molecule has 0 aliphatic heterocycles. The molecule has 0 aliphatic carbocycles. The van der Waals surface area contributed by atoms with Crippen LogP contribution in [0.1, 0.15) is 38.1 Å². The van der Waals surface area contributed by atoms with Crippen molar-refractivity contribution in [3.05, 3.63) is 84.2 Å². The molecule has 1 unspecified atom stereocenters. The van der Waals surface area contributed by atoms with E-state index in [1.165, 1.54) is 22.2 Å². The number of sulfonamides is 1. The van der Waals surface area contributed by atoms with E-state index in [9.17, 15) is 18.4 Å². The van der Waals surface area contributed by atoms with Crippen LogP contribution in [0.25, 0.3) is 10.4 Å². The summed E-state index contributed by atoms with van der Waals surface area (Å²) < 4.78 is 35.5. The van der Waals surface area contributed by atoms with Crippen LogP contribution < -0.4 is 14.9 Å². The van der Waals surface area contributed by atoms with Gasteiger partial charge < -0.3 is 4.74 Å². The van der Waals surface area contributed by atoms with Crippen molar-refractivity contribution in [2.75, 3.05) is 0 Å². The van der Waals surface area contributed by atoms with Crippen LogP contribution >= 0.6 is 11.3 Å². The van der Waals surface area contributed by atoms with Gasteiger partial charge >= 0.3 is 0 Å². The number of hydroxylamine groups is 1. The summed E-state index contributed by atoms with van der Waals surface area (Å²) in [6.45, 7) is 5.74. The maximum atomic E-state index is 12.8. The van der Waals surface area contributed by atoms with Gasteiger partial charge in [0.15, 0.2) is 0 Å². The molecule has 0 radical (unpaired) electrons. The molecule has 12 heteroatoms. The quantitative estimate of drug-likeness (QED) is 0.199. The standard InChI is InChI=1S/C26H29N5O5S2/c1-26(2,3)36-21-11-9-18(10-12-21)15-22(25(32)29-33)31-17-20(28-30-31)16-27-38(34,35)24-14-13-23(37-24)19-7-5-4-6-8-19/h4-14,17,22,27,33H,15-16H2,1-3H3,(H,29,32). The third-order valence-corrected chi connectivity index (χ3v) is 8.44. The molecule has 0 saturated heterocycles. The first-order valence-electron chi connectivity index (χ1n) is 11.8. The molecule has 0 bridgehead atoms. The van der Waals surface area contributed by atoms with Gasteiger partial charge in [-0.3, -0.25) is 10.0 Å². The highest BCUT2D eigenvalue weighted by molar-refractivity contribution is 7.91. The first kappa shape index (κ1) is 27.5. The minimum Gasteiger partial charge on any atom is -0.488 e. The third kappa shape index (κ3) is 7.04. The summed E-state index contributed by atoms with van der Waals surface area (Å²) >= 11 is 1.17. The first-order chi connectivity index (χ1) is 18.0. The van der Waals surface area contributed by atoms with Gasteiger partial charge in [-0.25, -0.2) is 23.3 Å². The maximum Gasteiger partial charge on any atom is 0.268 e. The van der Waals surface area contributed by atoms with Crippen LogP contribution in [0.3, 0.4) is 0 Å². The Hall–Kier alpha value is -3.58. The van der Waals surface area contributed by atoms with E-state index in [2.05, 4.69) is 15.0 Å². The van der Waals surface area contributed by atoms with Crippen molar-refractivity contribution in [2.24, 2.45) is 0 Å². The van der Waals surface area contributed by atoms with E-state index in [1.54, 1.807) is 17.6 Å². The normalized spacial score (nSPS) is 12.7. The van der Waals surface area contributed by atoms with Crippen LogP contribution in [0.4, 0.5) is 0 Å². The van der Waals surface area contributed by atoms with Crippen molar-refractivity contribution in [3.63, 3.8) is 0 Å². The van der Waals surface area contributed by atoms with Crippen molar-refractivity contribution < 1.29 is 23.2 Å². The molecule has 2 aromatic carbocycles. The molecule has 3 N–H and O–H groups in total. The van der Waals surface area contributed by atoms with Crippen LogP contribution in [0, 0.1) is 0 Å². The smallest absolute Gasteiger partial charge is 0.268 e. The summed E-state index contributed by atoms with van der Waals surface area (Å²) in [5.41, 5.74) is 3.39. The SMILES string of the molecule is CC(C)(C)Oc1ccc(CC(C(=O)NO)n2cc(CNS(=O)(=O)c3ccc(-c4ccccc4)s3)nn2)cc1. The van der Waals surface area contributed by atoms with Gasteiger partial charge in [-0.15, -0.1) is 16.4 Å². The Bertz CT molecular complexity index is 1480. The van der Waals surface area contributed by atoms with Crippen molar-refractivity contribution in [1.29, 1.82) is 0 Å². The molecule has 2 aromatic heterocycles. The Morgan fingerprint density at radius 3 is 2.45 bits per heavy atom. The molecule has 200 valence electrons. The van der Waals surface area contributed by atoms with Crippen LogP contribution in [-0.2, 0) is 27.8 Å². The van der Waals surface area contributed by atoms with Crippen LogP contribution in [0.2, 0.25) is 0 Å². The van der Waals surface area contributed by atoms with E-state index in [1.807, 2.05) is 75.4 Å². The lowest BCUT2D eigenvalue weighted by Gasteiger charge is -2.21. The molecule has 10 nitrogen and oxygen atoms in total. The summed E-state index contributed by atoms with van der Waals surface area (Å²) in [5, 5.41) is 17.3. The van der Waals surface area contributed by atoms with E-state index < -0.39 is 22.0 Å². The van der Waals surface area contributed by atoms with Crippen LogP contribution in [-0.4, -0.2) is 40.1 Å². The zero-order chi connectivity index (χ0) is 27.3. The van der Waals surface area contributed by atoms with Gasteiger partial charge in [-0.05, 0) is 56.2 Å². The number of ether oxygens (including phenoxy) is 1. The second kappa shape index (κ2) is 11.4. The van der Waals surface area contributed by atoms with Gasteiger partial charge in [0, 0.05) is 11.3 Å². The van der Waals surface area contributed by atoms with Crippen molar-refractivity contribution in [1.82, 2.24) is 25.2 Å². The van der Waals surface area contributed by atoms with E-state index >= 15 is 0 Å². The molecular formula is C26H29N5O5S2. The lowest BCUT2D eigenvalue weighted by molar-refractivity contribution is -0.133. The molecule has 4 aromatic rings. The molecular weight excluding hydrogens is 526 g/mol. The summed E-state index contributed by atoms with van der Waals surface area (Å²) in [6.07, 6.45) is 1.69. The second-order valence-electron chi connectivity index (χ2n) is 9.55. The Balaban J connectivity index is 1.43. The van der Waals surface area contributed by atoms with Crippen molar-refractivity contribution in [2.45, 2.75) is 49.6 Å². The number of thiophene rings is 1. The number of nitrogens with zero attached hydrogens (tertiary/aromatic N) is 3. The number of hydrogen-bond acceptors (Lipinski definition) is 8. The van der Waals surface area contributed by atoms with Gasteiger partial charge in [0.1, 0.15) is 21.6 Å². The highest BCUT2D eigenvalue weighted by Gasteiger charge is 2.24. The number of carbonyl (C=O) groups excluding carboxylic acids is 1. The fourth-order valence-corrected chi connectivity index (χ4v) is 6.02.